The van der Waals surface area contributed by atoms with Crippen molar-refractivity contribution >= 4 is 28.1 Å². The Morgan fingerprint density at radius 1 is 1.00 bits per heavy atom. The predicted molar refractivity (Wildman–Crippen MR) is 106 cm³/mol. The Morgan fingerprint density at radius 3 is 2.24 bits per heavy atom. The van der Waals surface area contributed by atoms with Crippen LogP contribution in [0.15, 0.2) is 58.1 Å². The molecule has 0 saturated heterocycles. The maximum absolute atomic E-state index is 12.5. The highest BCUT2D eigenvalue weighted by Gasteiger charge is 2.52. The quantitative estimate of drug-likeness (QED) is 0.421. The molecule has 3 rings (SSSR count). The summed E-state index contributed by atoms with van der Waals surface area (Å²) in [4.78, 5) is 12.5. The predicted octanol–water partition coefficient (Wildman–Crippen LogP) is 5.23. The average Bonchev–Trinajstić information content (AvgIpc) is 3.29. The van der Waals surface area contributed by atoms with Crippen LogP contribution in [0.4, 0.5) is 0 Å². The van der Waals surface area contributed by atoms with Crippen molar-refractivity contribution < 1.29 is 4.79 Å². The molecular weight excluding hydrogens is 376 g/mol. The van der Waals surface area contributed by atoms with Crippen molar-refractivity contribution in [1.29, 1.82) is 0 Å². The Bertz CT molecular complexity index is 656. The number of carbonyl (C=O) groups excluding carboxylic acids is 1. The maximum Gasteiger partial charge on any atom is 0.243 e. The Hall–Kier alpha value is -1.68. The number of nitrogens with zero attached hydrogens (tertiary/aromatic N) is 1. The van der Waals surface area contributed by atoms with Crippen molar-refractivity contribution in [2.75, 3.05) is 0 Å². The minimum atomic E-state index is 0.0705. The number of hydrazone groups is 1. The van der Waals surface area contributed by atoms with Crippen molar-refractivity contribution in [3.63, 3.8) is 0 Å². The van der Waals surface area contributed by atoms with Gasteiger partial charge < -0.3 is 0 Å². The molecule has 1 saturated carbocycles. The molecule has 3 nitrogen and oxygen atoms in total. The number of hydrogen-bond donors (Lipinski definition) is 1. The maximum atomic E-state index is 12.5. The van der Waals surface area contributed by atoms with Gasteiger partial charge in [-0.15, -0.1) is 0 Å². The molecule has 1 N–H and O–H groups in total. The minimum Gasteiger partial charge on any atom is -0.273 e. The van der Waals surface area contributed by atoms with Crippen molar-refractivity contribution in [3.05, 3.63) is 58.6 Å². The highest BCUT2D eigenvalue weighted by atomic mass is 79.9. The van der Waals surface area contributed by atoms with E-state index in [-0.39, 0.29) is 11.8 Å². The molecule has 1 aromatic rings. The second kappa shape index (κ2) is 9.14. The summed E-state index contributed by atoms with van der Waals surface area (Å²) in [6, 6.07) is 7.83. The Kier molecular flexibility index (Phi) is 6.62. The molecule has 132 valence electrons. The van der Waals surface area contributed by atoms with Crippen LogP contribution < -0.4 is 5.43 Å². The third kappa shape index (κ3) is 5.15. The van der Waals surface area contributed by atoms with Crippen LogP contribution in [-0.2, 0) is 4.79 Å². The van der Waals surface area contributed by atoms with Gasteiger partial charge in [-0.05, 0) is 56.4 Å². The van der Waals surface area contributed by atoms with Crippen molar-refractivity contribution in [2.24, 2.45) is 22.9 Å². The van der Waals surface area contributed by atoms with Crippen LogP contribution in [0.1, 0.15) is 44.1 Å². The SMILES string of the molecule is O=C(N/N=C/c1ccccc1Br)C1C2CC/C=C\CC/C=C/CCC21. The topological polar surface area (TPSA) is 41.5 Å². The van der Waals surface area contributed by atoms with E-state index < -0.39 is 0 Å². The molecule has 0 aliphatic heterocycles. The van der Waals surface area contributed by atoms with Gasteiger partial charge in [-0.25, -0.2) is 5.43 Å². The third-order valence-electron chi connectivity index (χ3n) is 5.08. The first kappa shape index (κ1) is 18.1. The number of amides is 1. The Labute approximate surface area is 158 Å². The number of nitrogens with one attached hydrogen (secondary N) is 1. The zero-order valence-corrected chi connectivity index (χ0v) is 16.0. The number of halogens is 1. The van der Waals surface area contributed by atoms with Gasteiger partial charge in [-0.1, -0.05) is 58.4 Å². The number of fused-ring (bicyclic) bond motifs is 1. The van der Waals surface area contributed by atoms with Gasteiger partial charge in [0.2, 0.25) is 5.91 Å². The van der Waals surface area contributed by atoms with E-state index >= 15 is 0 Å². The fourth-order valence-corrected chi connectivity index (χ4v) is 4.07. The molecule has 3 atom stereocenters. The van der Waals surface area contributed by atoms with E-state index in [2.05, 4.69) is 50.8 Å². The molecule has 2 aliphatic carbocycles. The summed E-state index contributed by atoms with van der Waals surface area (Å²) in [5.41, 5.74) is 3.71. The molecule has 0 heterocycles. The summed E-state index contributed by atoms with van der Waals surface area (Å²) in [7, 11) is 0. The van der Waals surface area contributed by atoms with Gasteiger partial charge in [-0.2, -0.15) is 5.10 Å². The molecule has 0 spiro atoms. The van der Waals surface area contributed by atoms with Crippen LogP contribution in [-0.4, -0.2) is 12.1 Å². The lowest BCUT2D eigenvalue weighted by molar-refractivity contribution is -0.122. The van der Waals surface area contributed by atoms with Crippen molar-refractivity contribution in [3.8, 4) is 0 Å². The monoisotopic (exact) mass is 400 g/mol. The van der Waals surface area contributed by atoms with E-state index in [1.165, 1.54) is 0 Å². The molecule has 4 heteroatoms. The fourth-order valence-electron chi connectivity index (χ4n) is 3.68. The van der Waals surface area contributed by atoms with Gasteiger partial charge in [0.1, 0.15) is 0 Å². The van der Waals surface area contributed by atoms with Crippen LogP contribution in [0.2, 0.25) is 0 Å². The number of hydrogen-bond acceptors (Lipinski definition) is 2. The van der Waals surface area contributed by atoms with Gasteiger partial charge >= 0.3 is 0 Å². The first-order valence-electron chi connectivity index (χ1n) is 9.15. The summed E-state index contributed by atoms with van der Waals surface area (Å²) < 4.78 is 0.972. The lowest BCUT2D eigenvalue weighted by atomic mass is 10.1. The van der Waals surface area contributed by atoms with E-state index in [1.54, 1.807) is 6.21 Å². The average molecular weight is 401 g/mol. The lowest BCUT2D eigenvalue weighted by Crippen LogP contribution is -2.21. The summed E-state index contributed by atoms with van der Waals surface area (Å²) in [5, 5.41) is 4.15. The van der Waals surface area contributed by atoms with Crippen molar-refractivity contribution in [2.45, 2.75) is 38.5 Å². The lowest BCUT2D eigenvalue weighted by Gasteiger charge is -2.00. The zero-order valence-electron chi connectivity index (χ0n) is 14.4. The van der Waals surface area contributed by atoms with Gasteiger partial charge in [0, 0.05) is 16.0 Å². The minimum absolute atomic E-state index is 0.0705. The molecule has 0 bridgehead atoms. The number of allylic oxidation sites excluding steroid dienone is 4. The summed E-state index contributed by atoms with van der Waals surface area (Å²) >= 11 is 3.48. The van der Waals surface area contributed by atoms with Gasteiger partial charge in [0.25, 0.3) is 0 Å². The van der Waals surface area contributed by atoms with Crippen LogP contribution in [0, 0.1) is 17.8 Å². The van der Waals surface area contributed by atoms with Gasteiger partial charge in [0.05, 0.1) is 6.21 Å². The summed E-state index contributed by atoms with van der Waals surface area (Å²) in [5.74, 6) is 1.22. The second-order valence-electron chi connectivity index (χ2n) is 6.78. The number of rotatable bonds is 3. The molecule has 3 unspecified atom stereocenters. The normalized spacial score (nSPS) is 29.1. The van der Waals surface area contributed by atoms with Crippen LogP contribution in [0.5, 0.6) is 0 Å². The Balaban J connectivity index is 1.55. The van der Waals surface area contributed by atoms with E-state index in [0.717, 1.165) is 48.6 Å². The number of benzene rings is 1. The van der Waals surface area contributed by atoms with E-state index in [1.807, 2.05) is 24.3 Å². The fraction of sp³-hybridized carbons (Fsp3) is 0.429. The van der Waals surface area contributed by atoms with Crippen molar-refractivity contribution in [1.82, 2.24) is 5.43 Å². The van der Waals surface area contributed by atoms with Gasteiger partial charge in [0.15, 0.2) is 0 Å². The van der Waals surface area contributed by atoms with Crippen LogP contribution >= 0.6 is 15.9 Å². The molecule has 0 aromatic heterocycles. The zero-order chi connectivity index (χ0) is 17.5. The highest BCUT2D eigenvalue weighted by molar-refractivity contribution is 9.10. The summed E-state index contributed by atoms with van der Waals surface area (Å²) in [6.45, 7) is 0. The molecule has 0 radical (unpaired) electrons. The highest BCUT2D eigenvalue weighted by Crippen LogP contribution is 2.52. The molecule has 25 heavy (non-hydrogen) atoms. The summed E-state index contributed by atoms with van der Waals surface area (Å²) in [6.07, 6.45) is 17.4. The van der Waals surface area contributed by atoms with E-state index in [9.17, 15) is 4.79 Å². The first-order chi connectivity index (χ1) is 12.3. The number of carbonyl (C=O) groups is 1. The standard InChI is InChI=1S/C21H25BrN2O/c22-19-14-10-9-11-16(19)15-23-24-21(25)20-17-12-7-5-3-1-2-4-6-8-13-18(17)20/h3-6,9-11,14-15,17-18,20H,1-2,7-8,12-13H2,(H,24,25)/b5-3-,6-4+,23-15+. The molecule has 1 aromatic carbocycles. The molecule has 1 amide bonds. The first-order valence-corrected chi connectivity index (χ1v) is 9.94. The largest absolute Gasteiger partial charge is 0.273 e. The van der Waals surface area contributed by atoms with Crippen LogP contribution in [0.3, 0.4) is 0 Å². The van der Waals surface area contributed by atoms with E-state index in [0.29, 0.717) is 11.8 Å². The second-order valence-corrected chi connectivity index (χ2v) is 7.64. The van der Waals surface area contributed by atoms with Crippen LogP contribution in [0.25, 0.3) is 0 Å². The molecular formula is C21H25BrN2O. The smallest absolute Gasteiger partial charge is 0.243 e. The molecule has 2 aliphatic rings. The van der Waals surface area contributed by atoms with Gasteiger partial charge in [-0.3, -0.25) is 4.79 Å². The van der Waals surface area contributed by atoms with E-state index in [4.69, 9.17) is 0 Å². The third-order valence-corrected chi connectivity index (χ3v) is 5.81. The molecule has 1 fully saturated rings. The Morgan fingerprint density at radius 2 is 1.60 bits per heavy atom.